The molecule has 3 nitrogen and oxygen atoms in total. The van der Waals surface area contributed by atoms with Gasteiger partial charge in [-0.2, -0.15) is 0 Å². The first-order valence-electron chi connectivity index (χ1n) is 7.53. The summed E-state index contributed by atoms with van der Waals surface area (Å²) in [6.07, 6.45) is 5.77. The van der Waals surface area contributed by atoms with Crippen LogP contribution in [0.5, 0.6) is 0 Å². The highest BCUT2D eigenvalue weighted by Crippen LogP contribution is 2.25. The minimum absolute atomic E-state index is 0.0332. The van der Waals surface area contributed by atoms with Crippen LogP contribution >= 0.6 is 0 Å². The van der Waals surface area contributed by atoms with Gasteiger partial charge in [0.1, 0.15) is 5.82 Å². The Labute approximate surface area is 125 Å². The molecule has 0 radical (unpaired) electrons. The van der Waals surface area contributed by atoms with Gasteiger partial charge in [-0.15, -0.1) is 0 Å². The van der Waals surface area contributed by atoms with Crippen LogP contribution in [-0.2, 0) is 13.0 Å². The highest BCUT2D eigenvalue weighted by molar-refractivity contribution is 5.86. The van der Waals surface area contributed by atoms with Gasteiger partial charge in [-0.3, -0.25) is 0 Å². The molecule has 0 fully saturated rings. The molecule has 21 heavy (non-hydrogen) atoms. The fourth-order valence-electron chi connectivity index (χ4n) is 2.85. The molecule has 3 heteroatoms. The van der Waals surface area contributed by atoms with Crippen molar-refractivity contribution in [2.24, 2.45) is 5.73 Å². The van der Waals surface area contributed by atoms with E-state index in [1.54, 1.807) is 0 Å². The average molecular weight is 279 g/mol. The van der Waals surface area contributed by atoms with E-state index in [4.69, 9.17) is 5.73 Å². The van der Waals surface area contributed by atoms with Crippen molar-refractivity contribution in [3.05, 3.63) is 66.2 Å². The first-order valence-corrected chi connectivity index (χ1v) is 7.53. The second-order valence-corrected chi connectivity index (χ2v) is 5.42. The van der Waals surface area contributed by atoms with E-state index in [0.717, 1.165) is 25.2 Å². The number of nitrogens with two attached hydrogens (primary N) is 1. The van der Waals surface area contributed by atoms with Crippen LogP contribution in [0.3, 0.4) is 0 Å². The van der Waals surface area contributed by atoms with Crippen LogP contribution in [-0.4, -0.2) is 9.55 Å². The molecule has 108 valence electrons. The minimum Gasteiger partial charge on any atom is -0.335 e. The van der Waals surface area contributed by atoms with Gasteiger partial charge in [0.25, 0.3) is 0 Å². The zero-order chi connectivity index (χ0) is 14.7. The molecule has 2 N–H and O–H groups in total. The summed E-state index contributed by atoms with van der Waals surface area (Å²) >= 11 is 0. The molecule has 1 aromatic heterocycles. The third-order valence-corrected chi connectivity index (χ3v) is 3.89. The zero-order valence-corrected chi connectivity index (χ0v) is 12.4. The SMILES string of the molecule is CCCn1ccnc1CC(N)c1cccc2ccccc12. The van der Waals surface area contributed by atoms with Gasteiger partial charge in [0.15, 0.2) is 0 Å². The summed E-state index contributed by atoms with van der Waals surface area (Å²) in [7, 11) is 0. The Bertz CT molecular complexity index is 725. The first kappa shape index (κ1) is 13.8. The molecule has 0 aliphatic carbocycles. The Balaban J connectivity index is 1.90. The van der Waals surface area contributed by atoms with Crippen molar-refractivity contribution in [2.45, 2.75) is 32.4 Å². The van der Waals surface area contributed by atoms with E-state index in [0.29, 0.717) is 0 Å². The summed E-state index contributed by atoms with van der Waals surface area (Å²) in [5.74, 6) is 1.07. The Kier molecular flexibility index (Phi) is 4.02. The first-order chi connectivity index (χ1) is 10.3. The average Bonchev–Trinajstić information content (AvgIpc) is 2.94. The Morgan fingerprint density at radius 3 is 2.81 bits per heavy atom. The molecule has 3 aromatic rings. The molecule has 0 saturated heterocycles. The van der Waals surface area contributed by atoms with Gasteiger partial charge in [-0.25, -0.2) is 4.98 Å². The summed E-state index contributed by atoms with van der Waals surface area (Å²) in [6.45, 7) is 3.17. The molecule has 0 amide bonds. The van der Waals surface area contributed by atoms with Crippen molar-refractivity contribution in [3.8, 4) is 0 Å². The lowest BCUT2D eigenvalue weighted by molar-refractivity contribution is 0.600. The van der Waals surface area contributed by atoms with Crippen molar-refractivity contribution < 1.29 is 0 Å². The maximum Gasteiger partial charge on any atom is 0.110 e. The molecule has 2 aromatic carbocycles. The lowest BCUT2D eigenvalue weighted by Gasteiger charge is -2.15. The lowest BCUT2D eigenvalue weighted by atomic mass is 9.97. The molecule has 0 aliphatic heterocycles. The lowest BCUT2D eigenvalue weighted by Crippen LogP contribution is -2.17. The summed E-state index contributed by atoms with van der Waals surface area (Å²) in [5.41, 5.74) is 7.66. The Morgan fingerprint density at radius 2 is 1.95 bits per heavy atom. The maximum absolute atomic E-state index is 6.46. The van der Waals surface area contributed by atoms with Crippen molar-refractivity contribution >= 4 is 10.8 Å². The van der Waals surface area contributed by atoms with Gasteiger partial charge >= 0.3 is 0 Å². The van der Waals surface area contributed by atoms with Crippen LogP contribution < -0.4 is 5.73 Å². The topological polar surface area (TPSA) is 43.8 Å². The highest BCUT2D eigenvalue weighted by atomic mass is 15.1. The number of aromatic nitrogens is 2. The Hall–Kier alpha value is -2.13. The van der Waals surface area contributed by atoms with Crippen LogP contribution in [0.2, 0.25) is 0 Å². The van der Waals surface area contributed by atoms with Gasteiger partial charge < -0.3 is 10.3 Å². The van der Waals surface area contributed by atoms with Gasteiger partial charge in [-0.1, -0.05) is 49.4 Å². The van der Waals surface area contributed by atoms with E-state index < -0.39 is 0 Å². The number of benzene rings is 2. The Morgan fingerprint density at radius 1 is 1.14 bits per heavy atom. The number of hydrogen-bond acceptors (Lipinski definition) is 2. The summed E-state index contributed by atoms with van der Waals surface area (Å²) in [6, 6.07) is 14.7. The van der Waals surface area contributed by atoms with Gasteiger partial charge in [0, 0.05) is 31.4 Å². The molecule has 1 unspecified atom stereocenters. The van der Waals surface area contributed by atoms with Crippen molar-refractivity contribution in [3.63, 3.8) is 0 Å². The van der Waals surface area contributed by atoms with Crippen molar-refractivity contribution in [1.82, 2.24) is 9.55 Å². The van der Waals surface area contributed by atoms with Gasteiger partial charge in [0.05, 0.1) is 0 Å². The highest BCUT2D eigenvalue weighted by Gasteiger charge is 2.13. The molecule has 1 heterocycles. The predicted octanol–water partition coefficient (Wildman–Crippen LogP) is 3.69. The van der Waals surface area contributed by atoms with Crippen molar-refractivity contribution in [2.75, 3.05) is 0 Å². The summed E-state index contributed by atoms with van der Waals surface area (Å²) in [4.78, 5) is 4.46. The molecule has 3 rings (SSSR count). The number of aryl methyl sites for hydroxylation is 1. The third kappa shape index (κ3) is 2.83. The summed E-state index contributed by atoms with van der Waals surface area (Å²) < 4.78 is 2.20. The van der Waals surface area contributed by atoms with E-state index in [-0.39, 0.29) is 6.04 Å². The molecule has 0 saturated carbocycles. The smallest absolute Gasteiger partial charge is 0.110 e. The van der Waals surface area contributed by atoms with Gasteiger partial charge in [-0.05, 0) is 22.8 Å². The predicted molar refractivity (Wildman–Crippen MR) is 87.1 cm³/mol. The number of hydrogen-bond donors (Lipinski definition) is 1. The van der Waals surface area contributed by atoms with Crippen LogP contribution in [0.4, 0.5) is 0 Å². The standard InChI is InChI=1S/C18H21N3/c1-2-11-21-12-10-20-18(21)13-17(19)16-9-5-7-14-6-3-4-8-15(14)16/h3-10,12,17H,2,11,13,19H2,1H3. The maximum atomic E-state index is 6.46. The number of imidazole rings is 1. The zero-order valence-electron chi connectivity index (χ0n) is 12.4. The largest absolute Gasteiger partial charge is 0.335 e. The third-order valence-electron chi connectivity index (χ3n) is 3.89. The normalized spacial score (nSPS) is 12.7. The van der Waals surface area contributed by atoms with Crippen LogP contribution in [0.1, 0.15) is 30.8 Å². The number of fused-ring (bicyclic) bond motifs is 1. The fraction of sp³-hybridized carbons (Fsp3) is 0.278. The second kappa shape index (κ2) is 6.10. The van der Waals surface area contributed by atoms with E-state index in [1.807, 2.05) is 12.4 Å². The van der Waals surface area contributed by atoms with Crippen LogP contribution in [0, 0.1) is 0 Å². The number of rotatable bonds is 5. The molecule has 0 bridgehead atoms. The summed E-state index contributed by atoms with van der Waals surface area (Å²) in [5, 5.41) is 2.48. The minimum atomic E-state index is -0.0332. The van der Waals surface area contributed by atoms with Crippen LogP contribution in [0.15, 0.2) is 54.9 Å². The van der Waals surface area contributed by atoms with Crippen LogP contribution in [0.25, 0.3) is 10.8 Å². The molecular formula is C18H21N3. The van der Waals surface area contributed by atoms with E-state index in [2.05, 4.69) is 58.9 Å². The monoisotopic (exact) mass is 279 g/mol. The number of nitrogens with zero attached hydrogens (tertiary/aromatic N) is 2. The second-order valence-electron chi connectivity index (χ2n) is 5.42. The van der Waals surface area contributed by atoms with E-state index in [9.17, 15) is 0 Å². The van der Waals surface area contributed by atoms with E-state index in [1.165, 1.54) is 16.3 Å². The molecule has 0 aliphatic rings. The molecule has 0 spiro atoms. The van der Waals surface area contributed by atoms with Crippen molar-refractivity contribution in [1.29, 1.82) is 0 Å². The van der Waals surface area contributed by atoms with E-state index >= 15 is 0 Å². The quantitative estimate of drug-likeness (QED) is 0.774. The molecule has 1 atom stereocenters. The fourth-order valence-corrected chi connectivity index (χ4v) is 2.85. The van der Waals surface area contributed by atoms with Gasteiger partial charge in [0.2, 0.25) is 0 Å². The molecular weight excluding hydrogens is 258 g/mol.